The van der Waals surface area contributed by atoms with Gasteiger partial charge in [-0.3, -0.25) is 9.59 Å². The van der Waals surface area contributed by atoms with Crippen LogP contribution in [0.25, 0.3) is 5.57 Å². The molecule has 0 bridgehead atoms. The summed E-state index contributed by atoms with van der Waals surface area (Å²) in [5, 5.41) is 0. The molecule has 1 aliphatic heterocycles. The number of benzene rings is 1. The van der Waals surface area contributed by atoms with E-state index in [0.29, 0.717) is 17.9 Å². The summed E-state index contributed by atoms with van der Waals surface area (Å²) in [5.41, 5.74) is 3.00. The average Bonchev–Trinajstić information content (AvgIpc) is 3.34. The number of allylic oxidation sites excluding steroid dienone is 10. The van der Waals surface area contributed by atoms with E-state index in [2.05, 4.69) is 13.2 Å². The van der Waals surface area contributed by atoms with Gasteiger partial charge in [0.2, 0.25) is 5.91 Å². The van der Waals surface area contributed by atoms with Crippen molar-refractivity contribution in [2.24, 2.45) is 0 Å². The van der Waals surface area contributed by atoms with E-state index in [1.165, 1.54) is 13.2 Å². The minimum atomic E-state index is -0.241. The molecule has 2 aromatic rings. The molecule has 0 fully saturated rings. The fraction of sp³-hybridized carbons (Fsp3) is 0.143. The van der Waals surface area contributed by atoms with Gasteiger partial charge in [0.25, 0.3) is 5.91 Å². The molecule has 0 radical (unpaired) electrons. The normalized spacial score (nSPS) is 16.2. The van der Waals surface area contributed by atoms with Crippen LogP contribution in [-0.2, 0) is 4.79 Å². The van der Waals surface area contributed by atoms with E-state index in [1.54, 1.807) is 28.0 Å². The maximum atomic E-state index is 13.1. The molecular formula is C28H28N2O3. The van der Waals surface area contributed by atoms with Crippen LogP contribution in [0, 0.1) is 0 Å². The largest absolute Gasteiger partial charge is 0.459 e. The van der Waals surface area contributed by atoms with E-state index < -0.39 is 0 Å². The van der Waals surface area contributed by atoms with E-state index in [4.69, 9.17) is 4.42 Å². The number of hydrogen-bond acceptors (Lipinski definition) is 3. The van der Waals surface area contributed by atoms with Crippen LogP contribution in [0.15, 0.2) is 109 Å². The van der Waals surface area contributed by atoms with Crippen molar-refractivity contribution in [2.75, 3.05) is 16.3 Å². The lowest BCUT2D eigenvalue weighted by Gasteiger charge is -2.40. The predicted octanol–water partition coefficient (Wildman–Crippen LogP) is 6.11. The van der Waals surface area contributed by atoms with Gasteiger partial charge in [-0.15, -0.1) is 0 Å². The number of rotatable bonds is 7. The third kappa shape index (κ3) is 5.57. The van der Waals surface area contributed by atoms with Crippen molar-refractivity contribution in [3.8, 4) is 0 Å². The van der Waals surface area contributed by atoms with Gasteiger partial charge < -0.3 is 14.2 Å². The standard InChI is InChI=1S/C28H28N2O3/c1-5-6-7-8-9-10-11-12-14-21(2)24-16-17-25-26(19-24)29(20-22(3)30(25)23(4)31)28(32)27-15-13-18-33-27/h5-19,22H,1-2,20H2,3-4H3/b7-6-,9-8+,11-10+,14-12-. The van der Waals surface area contributed by atoms with Gasteiger partial charge in [0.1, 0.15) is 0 Å². The van der Waals surface area contributed by atoms with Gasteiger partial charge in [0.15, 0.2) is 5.76 Å². The molecule has 5 nitrogen and oxygen atoms in total. The molecule has 0 spiro atoms. The van der Waals surface area contributed by atoms with Gasteiger partial charge in [-0.05, 0) is 42.3 Å². The van der Waals surface area contributed by atoms with Gasteiger partial charge in [-0.2, -0.15) is 0 Å². The maximum absolute atomic E-state index is 13.1. The molecule has 2 heterocycles. The van der Waals surface area contributed by atoms with E-state index in [9.17, 15) is 9.59 Å². The molecule has 168 valence electrons. The molecule has 5 heteroatoms. The highest BCUT2D eigenvalue weighted by Crippen LogP contribution is 2.38. The first-order chi connectivity index (χ1) is 15.9. The van der Waals surface area contributed by atoms with Crippen molar-refractivity contribution in [1.29, 1.82) is 0 Å². The summed E-state index contributed by atoms with van der Waals surface area (Å²) < 4.78 is 5.34. The third-order valence-electron chi connectivity index (χ3n) is 5.20. The number of furan rings is 1. The summed E-state index contributed by atoms with van der Waals surface area (Å²) in [6.07, 6.45) is 18.4. The third-order valence-corrected chi connectivity index (χ3v) is 5.20. The number of nitrogens with zero attached hydrogens (tertiary/aromatic N) is 2. The van der Waals surface area contributed by atoms with Gasteiger partial charge in [0, 0.05) is 13.5 Å². The number of anilines is 2. The highest BCUT2D eigenvalue weighted by atomic mass is 16.3. The van der Waals surface area contributed by atoms with Crippen LogP contribution in [0.4, 0.5) is 11.4 Å². The Kier molecular flexibility index (Phi) is 7.82. The van der Waals surface area contributed by atoms with Crippen molar-refractivity contribution in [3.05, 3.63) is 116 Å². The van der Waals surface area contributed by atoms with Crippen LogP contribution in [0.5, 0.6) is 0 Å². The zero-order chi connectivity index (χ0) is 23.8. The lowest BCUT2D eigenvalue weighted by molar-refractivity contribution is -0.117. The van der Waals surface area contributed by atoms with E-state index in [0.717, 1.165) is 11.1 Å². The van der Waals surface area contributed by atoms with Gasteiger partial charge in [-0.1, -0.05) is 73.9 Å². The molecule has 0 saturated heterocycles. The Morgan fingerprint density at radius 1 is 1.03 bits per heavy atom. The Labute approximate surface area is 195 Å². The molecule has 0 aliphatic carbocycles. The summed E-state index contributed by atoms with van der Waals surface area (Å²) in [4.78, 5) is 28.9. The molecule has 3 rings (SSSR count). The first-order valence-corrected chi connectivity index (χ1v) is 10.7. The summed E-state index contributed by atoms with van der Waals surface area (Å²) in [6, 6.07) is 8.84. The van der Waals surface area contributed by atoms with Crippen molar-refractivity contribution in [3.63, 3.8) is 0 Å². The summed E-state index contributed by atoms with van der Waals surface area (Å²) in [5.74, 6) is -0.0500. The average molecular weight is 441 g/mol. The quantitative estimate of drug-likeness (QED) is 0.489. The second-order valence-corrected chi connectivity index (χ2v) is 7.61. The number of hydrogen-bond donors (Lipinski definition) is 0. The Morgan fingerprint density at radius 3 is 2.36 bits per heavy atom. The Hall–Kier alpha value is -4.12. The van der Waals surface area contributed by atoms with E-state index >= 15 is 0 Å². The molecule has 1 unspecified atom stereocenters. The Morgan fingerprint density at radius 2 is 1.73 bits per heavy atom. The molecule has 1 aromatic carbocycles. The zero-order valence-corrected chi connectivity index (χ0v) is 19.0. The Balaban J connectivity index is 1.88. The second-order valence-electron chi connectivity index (χ2n) is 7.61. The van der Waals surface area contributed by atoms with Gasteiger partial charge in [0.05, 0.1) is 23.7 Å². The topological polar surface area (TPSA) is 53.8 Å². The molecule has 2 amide bonds. The highest BCUT2D eigenvalue weighted by molar-refractivity contribution is 6.09. The van der Waals surface area contributed by atoms with Crippen molar-refractivity contribution >= 4 is 28.8 Å². The number of carbonyl (C=O) groups is 2. The van der Waals surface area contributed by atoms with Crippen LogP contribution >= 0.6 is 0 Å². The lowest BCUT2D eigenvalue weighted by atomic mass is 10.0. The van der Waals surface area contributed by atoms with E-state index in [1.807, 2.05) is 73.7 Å². The Bertz CT molecular complexity index is 1150. The SMILES string of the molecule is C=C\C=C/C=C/C=C/C=C\C(=C)c1ccc2c(c1)N(C(=O)c1ccco1)CC(C)N2C(C)=O. The first kappa shape index (κ1) is 23.5. The van der Waals surface area contributed by atoms with Crippen LogP contribution in [-0.4, -0.2) is 24.4 Å². The molecule has 0 N–H and O–H groups in total. The van der Waals surface area contributed by atoms with Crippen LogP contribution in [0.1, 0.15) is 30.0 Å². The zero-order valence-electron chi connectivity index (χ0n) is 19.0. The lowest BCUT2D eigenvalue weighted by Crippen LogP contribution is -2.51. The molecule has 1 atom stereocenters. The maximum Gasteiger partial charge on any atom is 0.294 e. The van der Waals surface area contributed by atoms with Crippen LogP contribution in [0.2, 0.25) is 0 Å². The summed E-state index contributed by atoms with van der Waals surface area (Å²) in [7, 11) is 0. The van der Waals surface area contributed by atoms with Crippen LogP contribution < -0.4 is 9.80 Å². The fourth-order valence-corrected chi connectivity index (χ4v) is 3.70. The number of carbonyl (C=O) groups excluding carboxylic acids is 2. The highest BCUT2D eigenvalue weighted by Gasteiger charge is 2.34. The predicted molar refractivity (Wildman–Crippen MR) is 135 cm³/mol. The number of fused-ring (bicyclic) bond motifs is 1. The molecule has 1 aromatic heterocycles. The molecule has 33 heavy (non-hydrogen) atoms. The minimum absolute atomic E-state index is 0.0681. The minimum Gasteiger partial charge on any atom is -0.459 e. The van der Waals surface area contributed by atoms with Crippen molar-refractivity contribution in [1.82, 2.24) is 0 Å². The summed E-state index contributed by atoms with van der Waals surface area (Å²) in [6.45, 7) is 11.6. The van der Waals surface area contributed by atoms with Crippen molar-refractivity contribution in [2.45, 2.75) is 19.9 Å². The first-order valence-electron chi connectivity index (χ1n) is 10.7. The summed E-state index contributed by atoms with van der Waals surface area (Å²) >= 11 is 0. The van der Waals surface area contributed by atoms with Gasteiger partial charge >= 0.3 is 0 Å². The smallest absolute Gasteiger partial charge is 0.294 e. The molecule has 1 aliphatic rings. The second kappa shape index (κ2) is 11.0. The van der Waals surface area contributed by atoms with Crippen LogP contribution in [0.3, 0.4) is 0 Å². The molecule has 0 saturated carbocycles. The fourth-order valence-electron chi connectivity index (χ4n) is 3.70. The monoisotopic (exact) mass is 440 g/mol. The van der Waals surface area contributed by atoms with E-state index in [-0.39, 0.29) is 23.6 Å². The number of amides is 2. The molecular weight excluding hydrogens is 412 g/mol. The van der Waals surface area contributed by atoms with Crippen molar-refractivity contribution < 1.29 is 14.0 Å². The van der Waals surface area contributed by atoms with Gasteiger partial charge in [-0.25, -0.2) is 0 Å².